The first kappa shape index (κ1) is 16.6. The molecule has 22 heavy (non-hydrogen) atoms. The van der Waals surface area contributed by atoms with E-state index < -0.39 is 0 Å². The van der Waals surface area contributed by atoms with Crippen molar-refractivity contribution in [3.8, 4) is 5.75 Å². The van der Waals surface area contributed by atoms with E-state index in [9.17, 15) is 4.79 Å². The van der Waals surface area contributed by atoms with Gasteiger partial charge in [0.1, 0.15) is 11.4 Å². The van der Waals surface area contributed by atoms with Crippen LogP contribution in [0.2, 0.25) is 0 Å². The number of carbonyl (C=O) groups is 1. The summed E-state index contributed by atoms with van der Waals surface area (Å²) in [6.45, 7) is 7.04. The maximum absolute atomic E-state index is 12.5. The number of hydrogen-bond acceptors (Lipinski definition) is 3. The summed E-state index contributed by atoms with van der Waals surface area (Å²) in [5.74, 6) is 0.827. The van der Waals surface area contributed by atoms with Gasteiger partial charge in [-0.25, -0.2) is 4.79 Å². The predicted octanol–water partition coefficient (Wildman–Crippen LogP) is 2.70. The van der Waals surface area contributed by atoms with Crippen LogP contribution in [0.15, 0.2) is 24.3 Å². The summed E-state index contributed by atoms with van der Waals surface area (Å²) in [5, 5.41) is 12.2. The minimum atomic E-state index is -0.321. The van der Waals surface area contributed by atoms with Crippen LogP contribution in [0, 0.1) is 0 Å². The number of nitrogens with zero attached hydrogens (tertiary/aromatic N) is 1. The Hall–Kier alpha value is -1.75. The first-order chi connectivity index (χ1) is 10.5. The molecule has 5 heteroatoms. The SMILES string of the molecule is CCCN(CCO)C(=O)NC1CC(C)(C)Oc2ccccc21. The van der Waals surface area contributed by atoms with Crippen molar-refractivity contribution < 1.29 is 14.6 Å². The van der Waals surface area contributed by atoms with Gasteiger partial charge in [0, 0.05) is 25.1 Å². The summed E-state index contributed by atoms with van der Waals surface area (Å²) < 4.78 is 5.98. The van der Waals surface area contributed by atoms with E-state index in [0.717, 1.165) is 24.2 Å². The third-order valence-electron chi connectivity index (χ3n) is 3.82. The number of ether oxygens (including phenoxy) is 1. The largest absolute Gasteiger partial charge is 0.487 e. The highest BCUT2D eigenvalue weighted by molar-refractivity contribution is 5.75. The van der Waals surface area contributed by atoms with Crippen molar-refractivity contribution in [2.45, 2.75) is 45.3 Å². The van der Waals surface area contributed by atoms with Gasteiger partial charge in [0.25, 0.3) is 0 Å². The summed E-state index contributed by atoms with van der Waals surface area (Å²) in [6, 6.07) is 7.61. The minimum Gasteiger partial charge on any atom is -0.487 e. The van der Waals surface area contributed by atoms with Crippen LogP contribution in [-0.4, -0.2) is 41.3 Å². The van der Waals surface area contributed by atoms with Crippen molar-refractivity contribution in [1.82, 2.24) is 10.2 Å². The maximum Gasteiger partial charge on any atom is 0.317 e. The van der Waals surface area contributed by atoms with E-state index in [0.29, 0.717) is 13.1 Å². The van der Waals surface area contributed by atoms with Gasteiger partial charge in [-0.2, -0.15) is 0 Å². The second kappa shape index (κ2) is 7.01. The number of aliphatic hydroxyl groups is 1. The summed E-state index contributed by atoms with van der Waals surface area (Å²) in [7, 11) is 0. The first-order valence-corrected chi connectivity index (χ1v) is 7.91. The zero-order valence-electron chi connectivity index (χ0n) is 13.6. The zero-order chi connectivity index (χ0) is 16.2. The van der Waals surface area contributed by atoms with E-state index in [2.05, 4.69) is 5.32 Å². The number of nitrogens with one attached hydrogen (secondary N) is 1. The summed E-state index contributed by atoms with van der Waals surface area (Å²) in [6.07, 6.45) is 1.58. The Morgan fingerprint density at radius 3 is 2.82 bits per heavy atom. The molecule has 1 unspecified atom stereocenters. The molecule has 2 N–H and O–H groups in total. The van der Waals surface area contributed by atoms with Crippen molar-refractivity contribution in [1.29, 1.82) is 0 Å². The molecule has 0 radical (unpaired) electrons. The molecule has 1 heterocycles. The highest BCUT2D eigenvalue weighted by Crippen LogP contribution is 2.39. The normalized spacial score (nSPS) is 19.0. The van der Waals surface area contributed by atoms with E-state index in [4.69, 9.17) is 9.84 Å². The van der Waals surface area contributed by atoms with Crippen LogP contribution >= 0.6 is 0 Å². The van der Waals surface area contributed by atoms with Crippen molar-refractivity contribution in [3.63, 3.8) is 0 Å². The molecule has 1 aromatic rings. The fourth-order valence-electron chi connectivity index (χ4n) is 2.88. The number of aliphatic hydroxyl groups excluding tert-OH is 1. The molecule has 5 nitrogen and oxygen atoms in total. The summed E-state index contributed by atoms with van der Waals surface area (Å²) >= 11 is 0. The molecular weight excluding hydrogens is 280 g/mol. The Kier molecular flexibility index (Phi) is 5.29. The number of para-hydroxylation sites is 1. The highest BCUT2D eigenvalue weighted by atomic mass is 16.5. The number of hydrogen-bond donors (Lipinski definition) is 2. The topological polar surface area (TPSA) is 61.8 Å². The monoisotopic (exact) mass is 306 g/mol. The fraction of sp³-hybridized carbons (Fsp3) is 0.588. The van der Waals surface area contributed by atoms with Crippen LogP contribution in [0.5, 0.6) is 5.75 Å². The van der Waals surface area contributed by atoms with E-state index in [1.807, 2.05) is 45.0 Å². The van der Waals surface area contributed by atoms with Crippen LogP contribution in [0.4, 0.5) is 4.79 Å². The lowest BCUT2D eigenvalue weighted by Crippen LogP contribution is -2.47. The van der Waals surface area contributed by atoms with Gasteiger partial charge in [-0.1, -0.05) is 25.1 Å². The standard InChI is InChI=1S/C17H26N2O3/c1-4-9-19(10-11-20)16(21)18-14-12-17(2,3)22-15-8-6-5-7-13(14)15/h5-8,14,20H,4,9-12H2,1-3H3,(H,18,21). The number of rotatable bonds is 5. The van der Waals surface area contributed by atoms with Crippen LogP contribution in [0.25, 0.3) is 0 Å². The average molecular weight is 306 g/mol. The van der Waals surface area contributed by atoms with Gasteiger partial charge in [-0.05, 0) is 26.3 Å². The van der Waals surface area contributed by atoms with E-state index in [1.165, 1.54) is 0 Å². The Bertz CT molecular complexity index is 510. The van der Waals surface area contributed by atoms with E-state index >= 15 is 0 Å². The van der Waals surface area contributed by atoms with E-state index in [-0.39, 0.29) is 24.3 Å². The Morgan fingerprint density at radius 1 is 1.41 bits per heavy atom. The number of benzene rings is 1. The van der Waals surface area contributed by atoms with Crippen molar-refractivity contribution in [2.24, 2.45) is 0 Å². The van der Waals surface area contributed by atoms with Gasteiger partial charge in [-0.15, -0.1) is 0 Å². The highest BCUT2D eigenvalue weighted by Gasteiger charge is 2.34. The van der Waals surface area contributed by atoms with Gasteiger partial charge < -0.3 is 20.1 Å². The Labute approximate surface area is 132 Å². The Balaban J connectivity index is 2.16. The van der Waals surface area contributed by atoms with Gasteiger partial charge in [0.15, 0.2) is 0 Å². The van der Waals surface area contributed by atoms with Crippen molar-refractivity contribution in [2.75, 3.05) is 19.7 Å². The molecule has 1 aliphatic rings. The maximum atomic E-state index is 12.5. The van der Waals surface area contributed by atoms with Crippen molar-refractivity contribution in [3.05, 3.63) is 29.8 Å². The average Bonchev–Trinajstić information content (AvgIpc) is 2.45. The molecule has 0 bridgehead atoms. The molecule has 0 fully saturated rings. The zero-order valence-corrected chi connectivity index (χ0v) is 13.6. The summed E-state index contributed by atoms with van der Waals surface area (Å²) in [5.41, 5.74) is 0.689. The van der Waals surface area contributed by atoms with E-state index in [1.54, 1.807) is 4.90 Å². The molecule has 0 saturated carbocycles. The Morgan fingerprint density at radius 2 is 2.14 bits per heavy atom. The lowest BCUT2D eigenvalue weighted by Gasteiger charge is -2.38. The second-order valence-corrected chi connectivity index (χ2v) is 6.32. The molecule has 0 aliphatic carbocycles. The predicted molar refractivity (Wildman–Crippen MR) is 86.0 cm³/mol. The summed E-state index contributed by atoms with van der Waals surface area (Å²) in [4.78, 5) is 14.1. The third-order valence-corrected chi connectivity index (χ3v) is 3.82. The minimum absolute atomic E-state index is 0.0245. The fourth-order valence-corrected chi connectivity index (χ4v) is 2.88. The van der Waals surface area contributed by atoms with Crippen LogP contribution in [0.3, 0.4) is 0 Å². The molecule has 0 spiro atoms. The molecular formula is C17H26N2O3. The van der Waals surface area contributed by atoms with Crippen LogP contribution in [-0.2, 0) is 0 Å². The molecule has 1 atom stereocenters. The molecule has 0 aromatic heterocycles. The quantitative estimate of drug-likeness (QED) is 0.879. The van der Waals surface area contributed by atoms with Crippen LogP contribution in [0.1, 0.15) is 45.2 Å². The van der Waals surface area contributed by atoms with Gasteiger partial charge >= 0.3 is 6.03 Å². The molecule has 122 valence electrons. The smallest absolute Gasteiger partial charge is 0.317 e. The molecule has 1 aromatic carbocycles. The number of amides is 2. The molecule has 2 rings (SSSR count). The molecule has 1 aliphatic heterocycles. The molecule has 2 amide bonds. The van der Waals surface area contributed by atoms with Crippen LogP contribution < -0.4 is 10.1 Å². The second-order valence-electron chi connectivity index (χ2n) is 6.32. The lowest BCUT2D eigenvalue weighted by molar-refractivity contribution is 0.0662. The number of fused-ring (bicyclic) bond motifs is 1. The molecule has 0 saturated heterocycles. The van der Waals surface area contributed by atoms with Gasteiger partial charge in [0.05, 0.1) is 12.6 Å². The van der Waals surface area contributed by atoms with Gasteiger partial charge in [-0.3, -0.25) is 0 Å². The third kappa shape index (κ3) is 3.91. The number of carbonyl (C=O) groups excluding carboxylic acids is 1. The first-order valence-electron chi connectivity index (χ1n) is 7.91. The lowest BCUT2D eigenvalue weighted by atomic mass is 9.90. The number of urea groups is 1. The van der Waals surface area contributed by atoms with Gasteiger partial charge in [0.2, 0.25) is 0 Å². The van der Waals surface area contributed by atoms with Crippen molar-refractivity contribution >= 4 is 6.03 Å².